The molecule has 4 aliphatic heterocycles. The first-order chi connectivity index (χ1) is 16.3. The van der Waals surface area contributed by atoms with E-state index in [9.17, 15) is 9.59 Å². The summed E-state index contributed by atoms with van der Waals surface area (Å²) >= 11 is 0. The highest BCUT2D eigenvalue weighted by Gasteiger charge is 2.69. The van der Waals surface area contributed by atoms with Gasteiger partial charge in [0.05, 0.1) is 6.42 Å². The Bertz CT molecular complexity index is 914. The molecule has 2 bridgehead atoms. The van der Waals surface area contributed by atoms with E-state index in [2.05, 4.69) is 17.2 Å². The Morgan fingerprint density at radius 2 is 1.91 bits per heavy atom. The molecule has 0 radical (unpaired) electrons. The summed E-state index contributed by atoms with van der Waals surface area (Å²) in [4.78, 5) is 40.7. The molecule has 34 heavy (non-hydrogen) atoms. The van der Waals surface area contributed by atoms with Crippen molar-refractivity contribution in [3.63, 3.8) is 0 Å². The Morgan fingerprint density at radius 1 is 1.12 bits per heavy atom. The van der Waals surface area contributed by atoms with Crippen molar-refractivity contribution in [2.45, 2.75) is 89.8 Å². The van der Waals surface area contributed by atoms with Crippen LogP contribution in [0.1, 0.15) is 64.9 Å². The third-order valence-corrected chi connectivity index (χ3v) is 8.14. The van der Waals surface area contributed by atoms with Crippen molar-refractivity contribution in [3.8, 4) is 0 Å². The molecule has 4 unspecified atom stereocenters. The summed E-state index contributed by atoms with van der Waals surface area (Å²) < 4.78 is 18.3. The topological polar surface area (TPSA) is 105 Å². The number of carbonyl (C=O) groups excluding carboxylic acids is 2. The summed E-state index contributed by atoms with van der Waals surface area (Å²) in [6.45, 7) is 6.55. The molecule has 4 saturated heterocycles. The molecule has 5 heterocycles. The number of rotatable bonds is 6. The van der Waals surface area contributed by atoms with Crippen LogP contribution in [0.5, 0.6) is 0 Å². The van der Waals surface area contributed by atoms with Crippen LogP contribution >= 0.6 is 0 Å². The Labute approximate surface area is 199 Å². The molecule has 1 N–H and O–H groups in total. The van der Waals surface area contributed by atoms with Gasteiger partial charge in [-0.3, -0.25) is 14.6 Å². The van der Waals surface area contributed by atoms with Gasteiger partial charge in [-0.2, -0.15) is 0 Å². The quantitative estimate of drug-likeness (QED) is 0.495. The molecule has 1 spiro atoms. The van der Waals surface area contributed by atoms with Crippen LogP contribution in [0.25, 0.3) is 0 Å². The van der Waals surface area contributed by atoms with Crippen LogP contribution < -0.4 is 5.32 Å². The van der Waals surface area contributed by atoms with Gasteiger partial charge in [0.1, 0.15) is 0 Å². The zero-order chi connectivity index (χ0) is 23.9. The maximum absolute atomic E-state index is 12.6. The largest absolute Gasteiger partial charge is 0.435 e. The van der Waals surface area contributed by atoms with Gasteiger partial charge in [-0.15, -0.1) is 0 Å². The van der Waals surface area contributed by atoms with Crippen LogP contribution in [0.2, 0.25) is 0 Å². The molecule has 9 nitrogen and oxygen atoms in total. The minimum absolute atomic E-state index is 0.0208. The SMILES string of the molecule is CC1CCC2C(C)[C@H](OC(=O)CCC(=O)NCc3ccncc3)O[C@@H]3O[C@@]4(C)CCC1[C@@]23OO4. The van der Waals surface area contributed by atoms with E-state index in [0.717, 1.165) is 31.2 Å². The molecule has 0 aromatic carbocycles. The lowest BCUT2D eigenvalue weighted by atomic mass is 9.58. The van der Waals surface area contributed by atoms with Gasteiger partial charge in [0.25, 0.3) is 0 Å². The van der Waals surface area contributed by atoms with E-state index in [-0.39, 0.29) is 36.5 Å². The van der Waals surface area contributed by atoms with Crippen molar-refractivity contribution in [3.05, 3.63) is 30.1 Å². The summed E-state index contributed by atoms with van der Waals surface area (Å²) in [6, 6.07) is 3.66. The first-order valence-electron chi connectivity index (χ1n) is 12.4. The Balaban J connectivity index is 1.20. The van der Waals surface area contributed by atoms with E-state index in [4.69, 9.17) is 24.0 Å². The van der Waals surface area contributed by atoms with Crippen LogP contribution in [-0.2, 0) is 40.1 Å². The highest BCUT2D eigenvalue weighted by molar-refractivity contribution is 5.81. The third kappa shape index (κ3) is 4.23. The van der Waals surface area contributed by atoms with Crippen LogP contribution in [0, 0.1) is 23.7 Å². The van der Waals surface area contributed by atoms with Gasteiger partial charge in [0, 0.05) is 43.6 Å². The molecule has 5 fully saturated rings. The monoisotopic (exact) mass is 474 g/mol. The normalized spacial score (nSPS) is 40.7. The van der Waals surface area contributed by atoms with Gasteiger partial charge in [-0.25, -0.2) is 9.78 Å². The van der Waals surface area contributed by atoms with Crippen molar-refractivity contribution < 1.29 is 33.6 Å². The molecule has 1 amide bonds. The van der Waals surface area contributed by atoms with E-state index in [0.29, 0.717) is 12.5 Å². The fraction of sp³-hybridized carbons (Fsp3) is 0.720. The first kappa shape index (κ1) is 23.7. The molecule has 1 aromatic rings. The Hall–Kier alpha value is -2.07. The van der Waals surface area contributed by atoms with Crippen molar-refractivity contribution >= 4 is 11.9 Å². The van der Waals surface area contributed by atoms with Crippen molar-refractivity contribution in [1.82, 2.24) is 10.3 Å². The second-order valence-electron chi connectivity index (χ2n) is 10.4. The highest BCUT2D eigenvalue weighted by Crippen LogP contribution is 2.60. The molecular weight excluding hydrogens is 440 g/mol. The summed E-state index contributed by atoms with van der Waals surface area (Å²) in [5.41, 5.74) is 0.255. The second-order valence-corrected chi connectivity index (χ2v) is 10.4. The van der Waals surface area contributed by atoms with Gasteiger partial charge < -0.3 is 19.5 Å². The van der Waals surface area contributed by atoms with E-state index >= 15 is 0 Å². The van der Waals surface area contributed by atoms with Crippen molar-refractivity contribution in [1.29, 1.82) is 0 Å². The van der Waals surface area contributed by atoms with Gasteiger partial charge >= 0.3 is 5.97 Å². The number of esters is 1. The summed E-state index contributed by atoms with van der Waals surface area (Å²) in [5.74, 6) is -0.843. The van der Waals surface area contributed by atoms with Crippen LogP contribution in [-0.4, -0.2) is 40.8 Å². The summed E-state index contributed by atoms with van der Waals surface area (Å²) in [7, 11) is 0. The number of aromatic nitrogens is 1. The lowest BCUT2D eigenvalue weighted by Gasteiger charge is -2.59. The van der Waals surface area contributed by atoms with Gasteiger partial charge in [-0.1, -0.05) is 13.8 Å². The molecule has 8 atom stereocenters. The Kier molecular flexibility index (Phi) is 6.39. The van der Waals surface area contributed by atoms with Gasteiger partial charge in [-0.05, 0) is 55.7 Å². The number of pyridine rings is 1. The predicted octanol–water partition coefficient (Wildman–Crippen LogP) is 3.23. The van der Waals surface area contributed by atoms with Gasteiger partial charge in [0.2, 0.25) is 18.0 Å². The second kappa shape index (κ2) is 9.18. The Morgan fingerprint density at radius 3 is 2.71 bits per heavy atom. The summed E-state index contributed by atoms with van der Waals surface area (Å²) in [6.07, 6.45) is 5.62. The summed E-state index contributed by atoms with van der Waals surface area (Å²) in [5, 5.41) is 2.81. The number of nitrogens with zero attached hydrogens (tertiary/aromatic N) is 1. The molecule has 1 aliphatic carbocycles. The van der Waals surface area contributed by atoms with E-state index in [1.54, 1.807) is 12.4 Å². The molecule has 1 aromatic heterocycles. The number of amides is 1. The van der Waals surface area contributed by atoms with Gasteiger partial charge in [0.15, 0.2) is 11.9 Å². The maximum atomic E-state index is 12.6. The minimum atomic E-state index is -0.875. The van der Waals surface area contributed by atoms with Crippen LogP contribution in [0.3, 0.4) is 0 Å². The zero-order valence-electron chi connectivity index (χ0n) is 20.0. The fourth-order valence-electron chi connectivity index (χ4n) is 6.20. The lowest BCUT2D eigenvalue weighted by molar-refractivity contribution is -0.576. The number of carbonyl (C=O) groups is 2. The molecule has 186 valence electrons. The maximum Gasteiger partial charge on any atom is 0.308 e. The van der Waals surface area contributed by atoms with Crippen LogP contribution in [0.15, 0.2) is 24.5 Å². The van der Waals surface area contributed by atoms with E-state index in [1.165, 1.54) is 0 Å². The smallest absolute Gasteiger partial charge is 0.308 e. The number of fused-ring (bicyclic) bond motifs is 2. The highest BCUT2D eigenvalue weighted by atomic mass is 17.3. The average Bonchev–Trinajstić information content (AvgIpc) is 3.06. The molecule has 1 saturated carbocycles. The van der Waals surface area contributed by atoms with Crippen molar-refractivity contribution in [2.24, 2.45) is 23.7 Å². The molecular formula is C25H34N2O7. The zero-order valence-corrected chi connectivity index (χ0v) is 20.0. The number of ether oxygens (including phenoxy) is 3. The predicted molar refractivity (Wildman–Crippen MR) is 118 cm³/mol. The minimum Gasteiger partial charge on any atom is -0.435 e. The standard InChI is InChI=1S/C25H34N2O7/c1-15-4-5-19-16(2)22(31-23-25(19)18(15)8-11-24(3,32-23)33-34-25)30-21(29)7-6-20(28)27-14-17-9-12-26-13-10-17/h9-10,12-13,15-16,18-19,22-23H,4-8,11,14H2,1-3H3,(H,27,28)/t15?,16?,18?,19?,22-,23-,24-,25-/m1/s1. The van der Waals surface area contributed by atoms with Crippen molar-refractivity contribution in [2.75, 3.05) is 0 Å². The molecule has 9 heteroatoms. The molecule has 6 rings (SSSR count). The fourth-order valence-corrected chi connectivity index (χ4v) is 6.20. The van der Waals surface area contributed by atoms with E-state index in [1.807, 2.05) is 26.0 Å². The van der Waals surface area contributed by atoms with E-state index < -0.39 is 29.9 Å². The number of hydrogen-bond acceptors (Lipinski definition) is 8. The first-order valence-corrected chi connectivity index (χ1v) is 12.4. The number of hydrogen-bond donors (Lipinski definition) is 1. The lowest BCUT2D eigenvalue weighted by Crippen LogP contribution is -2.70. The third-order valence-electron chi connectivity index (χ3n) is 8.14. The van der Waals surface area contributed by atoms with Crippen LogP contribution in [0.4, 0.5) is 0 Å². The average molecular weight is 475 g/mol. The molecule has 5 aliphatic rings. The number of nitrogens with one attached hydrogen (secondary N) is 1.